The summed E-state index contributed by atoms with van der Waals surface area (Å²) in [5.41, 5.74) is 6.29. The lowest BCUT2D eigenvalue weighted by Crippen LogP contribution is -2.34. The smallest absolute Gasteiger partial charge is 0.405 e. The molecule has 2 aromatic rings. The van der Waals surface area contributed by atoms with E-state index in [-0.39, 0.29) is 30.0 Å². The predicted molar refractivity (Wildman–Crippen MR) is 89.1 cm³/mol. The van der Waals surface area contributed by atoms with Gasteiger partial charge in [-0.1, -0.05) is 36.2 Å². The van der Waals surface area contributed by atoms with Gasteiger partial charge in [-0.15, -0.1) is 25.6 Å². The summed E-state index contributed by atoms with van der Waals surface area (Å²) in [5.74, 6) is 0.561. The van der Waals surface area contributed by atoms with Crippen LogP contribution in [0.25, 0.3) is 0 Å². The van der Waals surface area contributed by atoms with E-state index < -0.39 is 11.9 Å². The predicted octanol–water partition coefficient (Wildman–Crippen LogP) is 4.39. The maximum absolute atomic E-state index is 12.6. The van der Waals surface area contributed by atoms with Gasteiger partial charge in [0.05, 0.1) is 5.54 Å². The van der Waals surface area contributed by atoms with Gasteiger partial charge in [0.2, 0.25) is 5.89 Å². The Balaban J connectivity index is 0.00000196. The van der Waals surface area contributed by atoms with E-state index in [2.05, 4.69) is 14.9 Å². The summed E-state index contributed by atoms with van der Waals surface area (Å²) >= 11 is 0. The zero-order valence-electron chi connectivity index (χ0n) is 13.8. The van der Waals surface area contributed by atoms with Crippen molar-refractivity contribution in [3.63, 3.8) is 0 Å². The van der Waals surface area contributed by atoms with E-state index in [1.54, 1.807) is 12.1 Å². The highest BCUT2D eigenvalue weighted by Gasteiger charge is 2.47. The first-order valence-electron chi connectivity index (χ1n) is 8.33. The molecule has 2 aliphatic carbocycles. The molecule has 2 N–H and O–H groups in total. The molecular formula is C17H19ClF3N3O2. The molecule has 26 heavy (non-hydrogen) atoms. The Morgan fingerprint density at radius 1 is 1.15 bits per heavy atom. The number of benzene rings is 1. The Kier molecular flexibility index (Phi) is 4.92. The summed E-state index contributed by atoms with van der Waals surface area (Å²) in [7, 11) is 0. The molecule has 0 aliphatic heterocycles. The van der Waals surface area contributed by atoms with Gasteiger partial charge in [0, 0.05) is 5.92 Å². The molecule has 2 atom stereocenters. The van der Waals surface area contributed by atoms with Crippen molar-refractivity contribution in [2.75, 3.05) is 0 Å². The van der Waals surface area contributed by atoms with Crippen molar-refractivity contribution in [2.24, 2.45) is 5.73 Å². The van der Waals surface area contributed by atoms with E-state index >= 15 is 0 Å². The van der Waals surface area contributed by atoms with Gasteiger partial charge in [0.15, 0.2) is 5.82 Å². The van der Waals surface area contributed by atoms with E-state index in [0.29, 0.717) is 23.7 Å². The lowest BCUT2D eigenvalue weighted by Gasteiger charge is -2.17. The molecule has 9 heteroatoms. The van der Waals surface area contributed by atoms with Crippen LogP contribution in [-0.4, -0.2) is 16.5 Å². The highest BCUT2D eigenvalue weighted by Crippen LogP contribution is 2.56. The van der Waals surface area contributed by atoms with Crippen LogP contribution in [-0.2, 0) is 5.54 Å². The van der Waals surface area contributed by atoms with Crippen LogP contribution in [0.4, 0.5) is 13.2 Å². The van der Waals surface area contributed by atoms with Crippen molar-refractivity contribution in [1.82, 2.24) is 10.1 Å². The van der Waals surface area contributed by atoms with Gasteiger partial charge in [-0.25, -0.2) is 0 Å². The van der Waals surface area contributed by atoms with Gasteiger partial charge in [0.1, 0.15) is 5.75 Å². The third kappa shape index (κ3) is 3.66. The number of rotatable bonds is 4. The molecule has 2 fully saturated rings. The number of nitrogens with two attached hydrogens (primary N) is 1. The monoisotopic (exact) mass is 389 g/mol. The molecule has 0 amide bonds. The number of aromatic nitrogens is 2. The van der Waals surface area contributed by atoms with Crippen molar-refractivity contribution in [1.29, 1.82) is 0 Å². The Morgan fingerprint density at radius 2 is 1.85 bits per heavy atom. The highest BCUT2D eigenvalue weighted by atomic mass is 35.5. The molecule has 2 saturated carbocycles. The Bertz CT molecular complexity index is 775. The molecule has 2 aliphatic rings. The molecule has 1 heterocycles. The average molecular weight is 390 g/mol. The van der Waals surface area contributed by atoms with E-state index in [4.69, 9.17) is 10.3 Å². The first-order chi connectivity index (χ1) is 11.9. The number of ether oxygens (including phenoxy) is 1. The fourth-order valence-electron chi connectivity index (χ4n) is 3.63. The summed E-state index contributed by atoms with van der Waals surface area (Å²) in [5, 5.41) is 4.02. The molecule has 4 rings (SSSR count). The summed E-state index contributed by atoms with van der Waals surface area (Å²) in [6, 6.07) is 6.18. The molecule has 2 unspecified atom stereocenters. The van der Waals surface area contributed by atoms with Crippen LogP contribution in [0.3, 0.4) is 0 Å². The van der Waals surface area contributed by atoms with Gasteiger partial charge >= 0.3 is 6.36 Å². The Morgan fingerprint density at radius 3 is 2.54 bits per heavy atom. The molecule has 0 bridgehead atoms. The highest BCUT2D eigenvalue weighted by molar-refractivity contribution is 5.85. The maximum atomic E-state index is 12.6. The molecule has 142 valence electrons. The van der Waals surface area contributed by atoms with Crippen molar-refractivity contribution < 1.29 is 22.4 Å². The number of alkyl halides is 3. The number of hydrogen-bond donors (Lipinski definition) is 1. The zero-order valence-corrected chi connectivity index (χ0v) is 14.6. The third-order valence-electron chi connectivity index (χ3n) is 5.03. The van der Waals surface area contributed by atoms with Crippen molar-refractivity contribution in [2.45, 2.75) is 55.8 Å². The Hall–Kier alpha value is -1.80. The molecule has 5 nitrogen and oxygen atoms in total. The van der Waals surface area contributed by atoms with Crippen molar-refractivity contribution in [3.05, 3.63) is 41.5 Å². The SMILES string of the molecule is Cl.NC1(c2noc(C3CC3c3ccccc3OC(F)(F)F)n2)CCCC1. The minimum atomic E-state index is -4.72. The van der Waals surface area contributed by atoms with E-state index in [1.807, 2.05) is 0 Å². The summed E-state index contributed by atoms with van der Waals surface area (Å²) in [6.07, 6.45) is -0.349. The zero-order chi connectivity index (χ0) is 17.7. The topological polar surface area (TPSA) is 74.2 Å². The van der Waals surface area contributed by atoms with E-state index in [1.165, 1.54) is 12.1 Å². The molecule has 1 aromatic carbocycles. The second-order valence-electron chi connectivity index (χ2n) is 6.85. The maximum Gasteiger partial charge on any atom is 0.573 e. The van der Waals surface area contributed by atoms with Crippen LogP contribution in [0.2, 0.25) is 0 Å². The van der Waals surface area contributed by atoms with Gasteiger partial charge in [-0.05, 0) is 36.8 Å². The van der Waals surface area contributed by atoms with Gasteiger partial charge < -0.3 is 15.0 Å². The van der Waals surface area contributed by atoms with Gasteiger partial charge in [-0.2, -0.15) is 4.98 Å². The van der Waals surface area contributed by atoms with E-state index in [0.717, 1.165) is 25.7 Å². The molecule has 0 spiro atoms. The third-order valence-corrected chi connectivity index (χ3v) is 5.03. The average Bonchev–Trinajstić information content (AvgIpc) is 2.95. The Labute approximate surface area is 154 Å². The van der Waals surface area contributed by atoms with Crippen LogP contribution in [0.15, 0.2) is 28.8 Å². The second kappa shape index (κ2) is 6.74. The lowest BCUT2D eigenvalue weighted by atomic mass is 9.99. The van der Waals surface area contributed by atoms with Crippen molar-refractivity contribution >= 4 is 12.4 Å². The van der Waals surface area contributed by atoms with Gasteiger partial charge in [-0.3, -0.25) is 0 Å². The lowest BCUT2D eigenvalue weighted by molar-refractivity contribution is -0.274. The number of hydrogen-bond acceptors (Lipinski definition) is 5. The van der Waals surface area contributed by atoms with Crippen LogP contribution in [0, 0.1) is 0 Å². The van der Waals surface area contributed by atoms with Gasteiger partial charge in [0.25, 0.3) is 0 Å². The number of halogens is 4. The second-order valence-corrected chi connectivity index (χ2v) is 6.85. The van der Waals surface area contributed by atoms with E-state index in [9.17, 15) is 13.2 Å². The van der Waals surface area contributed by atoms with Crippen LogP contribution in [0.1, 0.15) is 61.2 Å². The van der Waals surface area contributed by atoms with Crippen LogP contribution >= 0.6 is 12.4 Å². The molecule has 0 saturated heterocycles. The number of nitrogens with zero attached hydrogens (tertiary/aromatic N) is 2. The summed E-state index contributed by atoms with van der Waals surface area (Å²) in [6.45, 7) is 0. The first-order valence-corrected chi connectivity index (χ1v) is 8.33. The quantitative estimate of drug-likeness (QED) is 0.839. The number of para-hydroxylation sites is 1. The fourth-order valence-corrected chi connectivity index (χ4v) is 3.63. The molecule has 1 aromatic heterocycles. The van der Waals surface area contributed by atoms with Crippen molar-refractivity contribution in [3.8, 4) is 5.75 Å². The summed E-state index contributed by atoms with van der Waals surface area (Å²) in [4.78, 5) is 4.44. The fraction of sp³-hybridized carbons (Fsp3) is 0.529. The molecule has 0 radical (unpaired) electrons. The molecular weight excluding hydrogens is 371 g/mol. The summed E-state index contributed by atoms with van der Waals surface area (Å²) < 4.78 is 47.2. The van der Waals surface area contributed by atoms with Crippen LogP contribution in [0.5, 0.6) is 5.75 Å². The normalized spacial score (nSPS) is 24.2. The minimum Gasteiger partial charge on any atom is -0.405 e. The standard InChI is InChI=1S/C17H18F3N3O2.ClH/c18-17(19,20)24-13-6-2-1-5-10(13)11-9-12(11)14-22-15(23-25-14)16(21)7-3-4-8-16;/h1-2,5-6,11-12H,3-4,7-9,21H2;1H. The largest absolute Gasteiger partial charge is 0.573 e. The first kappa shape index (κ1) is 19.0. The van der Waals surface area contributed by atoms with Crippen LogP contribution < -0.4 is 10.5 Å². The minimum absolute atomic E-state index is 0.